The first-order chi connectivity index (χ1) is 11.0. The Balaban J connectivity index is 2.12. The normalized spacial score (nSPS) is 18.0. The number of rotatable bonds is 8. The van der Waals surface area contributed by atoms with Crippen molar-refractivity contribution in [3.8, 4) is 0 Å². The maximum Gasteiger partial charge on any atom is 0.213 e. The molecule has 1 aliphatic rings. The molecule has 0 radical (unpaired) electrons. The number of methoxy groups -OCH3 is 1. The number of hydrogen-bond acceptors (Lipinski definition) is 5. The van der Waals surface area contributed by atoms with Crippen LogP contribution < -0.4 is 4.72 Å². The zero-order chi connectivity index (χ0) is 16.7. The zero-order valence-corrected chi connectivity index (χ0v) is 14.8. The van der Waals surface area contributed by atoms with Gasteiger partial charge in [0.15, 0.2) is 0 Å². The predicted molar refractivity (Wildman–Crippen MR) is 90.3 cm³/mol. The highest BCUT2D eigenvalue weighted by Gasteiger charge is 2.25. The van der Waals surface area contributed by atoms with Crippen LogP contribution in [0.15, 0.2) is 24.3 Å². The van der Waals surface area contributed by atoms with Crippen LogP contribution in [0.2, 0.25) is 5.02 Å². The van der Waals surface area contributed by atoms with Crippen molar-refractivity contribution in [2.75, 3.05) is 52.3 Å². The first-order valence-corrected chi connectivity index (χ1v) is 9.59. The number of hydrogen-bond donors (Lipinski definition) is 1. The highest BCUT2D eigenvalue weighted by molar-refractivity contribution is 7.89. The Morgan fingerprint density at radius 2 is 2.04 bits per heavy atom. The maximum absolute atomic E-state index is 12.0. The van der Waals surface area contributed by atoms with Gasteiger partial charge in [-0.3, -0.25) is 4.90 Å². The molecule has 1 aromatic carbocycles. The summed E-state index contributed by atoms with van der Waals surface area (Å²) in [4.78, 5) is 2.20. The molecule has 0 aromatic heterocycles. The number of sulfonamides is 1. The molecule has 23 heavy (non-hydrogen) atoms. The Morgan fingerprint density at radius 3 is 2.70 bits per heavy atom. The molecule has 1 aliphatic heterocycles. The molecule has 6 nitrogen and oxygen atoms in total. The van der Waals surface area contributed by atoms with Crippen LogP contribution in [-0.4, -0.2) is 65.6 Å². The number of nitrogens with one attached hydrogen (secondary N) is 1. The lowest BCUT2D eigenvalue weighted by Gasteiger charge is -2.35. The Labute approximate surface area is 142 Å². The molecular weight excluding hydrogens is 340 g/mol. The molecular formula is C15H23ClN2O4S. The van der Waals surface area contributed by atoms with E-state index in [0.29, 0.717) is 18.2 Å². The Bertz CT molecular complexity index is 591. The number of benzene rings is 1. The molecule has 1 atom stereocenters. The van der Waals surface area contributed by atoms with E-state index >= 15 is 0 Å². The first-order valence-electron chi connectivity index (χ1n) is 7.56. The molecule has 1 aromatic rings. The molecule has 1 heterocycles. The predicted octanol–water partition coefficient (Wildman–Crippen LogP) is 1.28. The van der Waals surface area contributed by atoms with Gasteiger partial charge in [0, 0.05) is 37.8 Å². The first kappa shape index (κ1) is 18.6. The summed E-state index contributed by atoms with van der Waals surface area (Å²) in [5.41, 5.74) is 0.922. The average molecular weight is 363 g/mol. The quantitative estimate of drug-likeness (QED) is 0.754. The summed E-state index contributed by atoms with van der Waals surface area (Å²) in [6.45, 7) is 3.21. The van der Waals surface area contributed by atoms with Gasteiger partial charge in [-0.25, -0.2) is 13.1 Å². The van der Waals surface area contributed by atoms with Gasteiger partial charge in [-0.15, -0.1) is 0 Å². The van der Waals surface area contributed by atoms with E-state index in [4.69, 9.17) is 21.1 Å². The monoisotopic (exact) mass is 362 g/mol. The van der Waals surface area contributed by atoms with E-state index in [9.17, 15) is 8.42 Å². The van der Waals surface area contributed by atoms with Crippen molar-refractivity contribution >= 4 is 21.6 Å². The molecule has 0 amide bonds. The topological polar surface area (TPSA) is 67.9 Å². The Hall–Kier alpha value is -0.700. The number of nitrogens with zero attached hydrogens (tertiary/aromatic N) is 1. The second-order valence-corrected chi connectivity index (χ2v) is 7.68. The van der Waals surface area contributed by atoms with Crippen LogP contribution in [-0.2, 0) is 19.5 Å². The second-order valence-electron chi connectivity index (χ2n) is 5.35. The molecule has 2 rings (SSSR count). The average Bonchev–Trinajstić information content (AvgIpc) is 2.56. The van der Waals surface area contributed by atoms with E-state index in [0.717, 1.165) is 18.7 Å². The summed E-state index contributed by atoms with van der Waals surface area (Å²) in [6.07, 6.45) is 0. The molecule has 1 N–H and O–H groups in total. The number of halogens is 1. The fourth-order valence-electron chi connectivity index (χ4n) is 2.54. The van der Waals surface area contributed by atoms with Gasteiger partial charge in [0.25, 0.3) is 0 Å². The van der Waals surface area contributed by atoms with Gasteiger partial charge in [-0.1, -0.05) is 29.8 Å². The van der Waals surface area contributed by atoms with Gasteiger partial charge in [-0.05, 0) is 11.6 Å². The van der Waals surface area contributed by atoms with Crippen molar-refractivity contribution in [3.05, 3.63) is 34.9 Å². The number of morpholine rings is 1. The highest BCUT2D eigenvalue weighted by Crippen LogP contribution is 2.27. The van der Waals surface area contributed by atoms with Gasteiger partial charge in [0.2, 0.25) is 10.0 Å². The van der Waals surface area contributed by atoms with Crippen LogP contribution in [0.3, 0.4) is 0 Å². The van der Waals surface area contributed by atoms with Crippen LogP contribution in [0.1, 0.15) is 11.6 Å². The van der Waals surface area contributed by atoms with E-state index in [1.807, 2.05) is 24.3 Å². The summed E-state index contributed by atoms with van der Waals surface area (Å²) in [5.74, 6) is -0.0537. The minimum absolute atomic E-state index is 0.0537. The smallest absolute Gasteiger partial charge is 0.213 e. The summed E-state index contributed by atoms with van der Waals surface area (Å²) in [7, 11) is -1.89. The van der Waals surface area contributed by atoms with Crippen molar-refractivity contribution in [2.24, 2.45) is 0 Å². The Kier molecular flexibility index (Phi) is 7.26. The standard InChI is InChI=1S/C15H23ClN2O4S/c1-21-10-11-23(19,20)17-12-15(18-6-8-22-9-7-18)13-4-2-3-5-14(13)16/h2-5,15,17H,6-12H2,1H3. The largest absolute Gasteiger partial charge is 0.384 e. The van der Waals surface area contributed by atoms with E-state index in [2.05, 4.69) is 9.62 Å². The summed E-state index contributed by atoms with van der Waals surface area (Å²) < 4.78 is 36.9. The minimum Gasteiger partial charge on any atom is -0.384 e. The zero-order valence-electron chi connectivity index (χ0n) is 13.2. The van der Waals surface area contributed by atoms with Gasteiger partial charge < -0.3 is 9.47 Å². The van der Waals surface area contributed by atoms with Gasteiger partial charge >= 0.3 is 0 Å². The molecule has 130 valence electrons. The molecule has 0 saturated carbocycles. The molecule has 1 fully saturated rings. The molecule has 1 unspecified atom stereocenters. The third kappa shape index (κ3) is 5.70. The lowest BCUT2D eigenvalue weighted by molar-refractivity contribution is 0.0172. The van der Waals surface area contributed by atoms with Crippen LogP contribution in [0, 0.1) is 0 Å². The fourth-order valence-corrected chi connectivity index (χ4v) is 3.75. The van der Waals surface area contributed by atoms with Crippen molar-refractivity contribution in [3.63, 3.8) is 0 Å². The van der Waals surface area contributed by atoms with E-state index in [1.165, 1.54) is 7.11 Å². The van der Waals surface area contributed by atoms with Crippen molar-refractivity contribution in [1.82, 2.24) is 9.62 Å². The van der Waals surface area contributed by atoms with E-state index in [-0.39, 0.29) is 24.9 Å². The number of ether oxygens (including phenoxy) is 2. The third-order valence-electron chi connectivity index (χ3n) is 3.80. The molecule has 0 aliphatic carbocycles. The lowest BCUT2D eigenvalue weighted by atomic mass is 10.0. The fraction of sp³-hybridized carbons (Fsp3) is 0.600. The minimum atomic E-state index is -3.37. The summed E-state index contributed by atoms with van der Waals surface area (Å²) in [6, 6.07) is 7.42. The molecule has 0 bridgehead atoms. The molecule has 8 heteroatoms. The van der Waals surface area contributed by atoms with Gasteiger partial charge in [0.05, 0.1) is 25.6 Å². The van der Waals surface area contributed by atoms with E-state index in [1.54, 1.807) is 0 Å². The van der Waals surface area contributed by atoms with Gasteiger partial charge in [-0.2, -0.15) is 0 Å². The van der Waals surface area contributed by atoms with Crippen LogP contribution >= 0.6 is 11.6 Å². The van der Waals surface area contributed by atoms with Crippen LogP contribution in [0.25, 0.3) is 0 Å². The maximum atomic E-state index is 12.0. The molecule has 1 saturated heterocycles. The second kappa shape index (κ2) is 8.96. The lowest BCUT2D eigenvalue weighted by Crippen LogP contribution is -2.44. The summed E-state index contributed by atoms with van der Waals surface area (Å²) >= 11 is 6.32. The summed E-state index contributed by atoms with van der Waals surface area (Å²) in [5, 5.41) is 0.639. The van der Waals surface area contributed by atoms with E-state index < -0.39 is 10.0 Å². The van der Waals surface area contributed by atoms with Crippen molar-refractivity contribution in [1.29, 1.82) is 0 Å². The van der Waals surface area contributed by atoms with Crippen LogP contribution in [0.5, 0.6) is 0 Å². The highest BCUT2D eigenvalue weighted by atomic mass is 35.5. The SMILES string of the molecule is COCCS(=O)(=O)NCC(c1ccccc1Cl)N1CCOCC1. The van der Waals surface area contributed by atoms with Crippen molar-refractivity contribution in [2.45, 2.75) is 6.04 Å². The Morgan fingerprint density at radius 1 is 1.35 bits per heavy atom. The van der Waals surface area contributed by atoms with Gasteiger partial charge in [0.1, 0.15) is 0 Å². The van der Waals surface area contributed by atoms with Crippen molar-refractivity contribution < 1.29 is 17.9 Å². The molecule has 0 spiro atoms. The third-order valence-corrected chi connectivity index (χ3v) is 5.46. The van der Waals surface area contributed by atoms with Crippen LogP contribution in [0.4, 0.5) is 0 Å².